The predicted molar refractivity (Wildman–Crippen MR) is 112 cm³/mol. The van der Waals surface area contributed by atoms with Crippen molar-refractivity contribution in [2.45, 2.75) is 36.6 Å². The van der Waals surface area contributed by atoms with Crippen LogP contribution in [0.4, 0.5) is 0 Å². The molecule has 1 aliphatic carbocycles. The van der Waals surface area contributed by atoms with Gasteiger partial charge in [-0.25, -0.2) is 22.4 Å². The Morgan fingerprint density at radius 1 is 1.03 bits per heavy atom. The van der Waals surface area contributed by atoms with Crippen LogP contribution < -0.4 is 5.73 Å². The zero-order valence-corrected chi connectivity index (χ0v) is 17.0. The highest BCUT2D eigenvalue weighted by Crippen LogP contribution is 2.36. The molecule has 1 aromatic carbocycles. The van der Waals surface area contributed by atoms with Gasteiger partial charge in [0, 0.05) is 23.5 Å². The number of carbonyl (C=O) groups is 1. The third-order valence-corrected chi connectivity index (χ3v) is 7.69. The Labute approximate surface area is 173 Å². The fourth-order valence-electron chi connectivity index (χ4n) is 4.40. The van der Waals surface area contributed by atoms with Gasteiger partial charge >= 0.3 is 0 Å². The van der Waals surface area contributed by atoms with Gasteiger partial charge in [-0.1, -0.05) is 18.2 Å². The molecule has 0 aliphatic heterocycles. The highest BCUT2D eigenvalue weighted by Gasteiger charge is 2.28. The first-order valence-electron chi connectivity index (χ1n) is 9.89. The smallest absolute Gasteiger partial charge is 0.269 e. The maximum Gasteiger partial charge on any atom is 0.269 e. The molecule has 30 heavy (non-hydrogen) atoms. The van der Waals surface area contributed by atoms with Crippen LogP contribution in [-0.2, 0) is 14.8 Å². The van der Waals surface area contributed by atoms with E-state index in [-0.39, 0.29) is 22.8 Å². The topological polar surface area (TPSA) is 113 Å². The van der Waals surface area contributed by atoms with E-state index in [9.17, 15) is 13.2 Å². The van der Waals surface area contributed by atoms with Crippen LogP contribution in [-0.4, -0.2) is 32.8 Å². The van der Waals surface area contributed by atoms with E-state index in [4.69, 9.17) is 5.73 Å². The molecule has 5 rings (SSSR count). The molecule has 3 aromatic heterocycles. The summed E-state index contributed by atoms with van der Waals surface area (Å²) in [6.07, 6.45) is 8.08. The first-order valence-corrected chi connectivity index (χ1v) is 11.3. The summed E-state index contributed by atoms with van der Waals surface area (Å²) in [6.45, 7) is 0. The summed E-state index contributed by atoms with van der Waals surface area (Å²) in [6, 6.07) is 10.3. The van der Waals surface area contributed by atoms with Crippen LogP contribution in [0.1, 0.15) is 31.7 Å². The van der Waals surface area contributed by atoms with Crippen LogP contribution >= 0.6 is 0 Å². The first kappa shape index (κ1) is 18.8. The number of imidazole rings is 1. The Bertz CT molecular complexity index is 1350. The minimum Gasteiger partial charge on any atom is -0.369 e. The molecule has 0 spiro atoms. The van der Waals surface area contributed by atoms with Crippen molar-refractivity contribution < 1.29 is 13.2 Å². The van der Waals surface area contributed by atoms with Gasteiger partial charge in [0.25, 0.3) is 10.0 Å². The standard InChI is InChI=1S/C21H21N5O3S/c22-20(27)14-6-8-15(9-7-14)25-13-24-18-12-23-21-17(19(18)25)10-11-26(21)30(28,29)16-4-2-1-3-5-16/h1-5,10-15H,6-9H2,(H2,22,27). The van der Waals surface area contributed by atoms with Crippen molar-refractivity contribution in [2.24, 2.45) is 11.7 Å². The molecule has 1 fully saturated rings. The highest BCUT2D eigenvalue weighted by atomic mass is 32.2. The van der Waals surface area contributed by atoms with Crippen LogP contribution in [0.15, 0.2) is 60.0 Å². The average molecular weight is 423 g/mol. The summed E-state index contributed by atoms with van der Waals surface area (Å²) in [7, 11) is -3.76. The molecule has 0 saturated heterocycles. The molecule has 0 bridgehead atoms. The number of rotatable bonds is 4. The van der Waals surface area contributed by atoms with E-state index in [1.807, 2.05) is 0 Å². The number of aromatic nitrogens is 4. The van der Waals surface area contributed by atoms with Crippen molar-refractivity contribution in [3.8, 4) is 0 Å². The fraction of sp³-hybridized carbons (Fsp3) is 0.286. The largest absolute Gasteiger partial charge is 0.369 e. The van der Waals surface area contributed by atoms with Crippen molar-refractivity contribution in [3.63, 3.8) is 0 Å². The lowest BCUT2D eigenvalue weighted by atomic mass is 9.85. The number of benzene rings is 1. The first-order chi connectivity index (χ1) is 14.5. The van der Waals surface area contributed by atoms with Crippen molar-refractivity contribution in [3.05, 3.63) is 55.1 Å². The Hall–Kier alpha value is -3.20. The second-order valence-corrected chi connectivity index (χ2v) is 9.53. The molecule has 1 amide bonds. The number of nitrogens with zero attached hydrogens (tertiary/aromatic N) is 4. The maximum atomic E-state index is 13.1. The van der Waals surface area contributed by atoms with Crippen LogP contribution in [0.2, 0.25) is 0 Å². The minimum atomic E-state index is -3.76. The van der Waals surface area contributed by atoms with Gasteiger partial charge in [0.1, 0.15) is 5.52 Å². The lowest BCUT2D eigenvalue weighted by Gasteiger charge is -2.28. The summed E-state index contributed by atoms with van der Waals surface area (Å²) >= 11 is 0. The van der Waals surface area contributed by atoms with Gasteiger partial charge in [-0.15, -0.1) is 0 Å². The van der Waals surface area contributed by atoms with Crippen molar-refractivity contribution in [1.29, 1.82) is 0 Å². The highest BCUT2D eigenvalue weighted by molar-refractivity contribution is 7.90. The van der Waals surface area contributed by atoms with Crippen LogP contribution in [0.5, 0.6) is 0 Å². The number of pyridine rings is 1. The number of carbonyl (C=O) groups excluding carboxylic acids is 1. The number of hydrogen-bond acceptors (Lipinski definition) is 5. The second kappa shape index (κ2) is 6.94. The van der Waals surface area contributed by atoms with Gasteiger partial charge < -0.3 is 10.3 Å². The molecular formula is C21H21N5O3S. The Morgan fingerprint density at radius 2 is 1.77 bits per heavy atom. The van der Waals surface area contributed by atoms with Crippen molar-refractivity contribution >= 4 is 38.0 Å². The number of hydrogen-bond donors (Lipinski definition) is 1. The SMILES string of the molecule is NC(=O)C1CCC(n2cnc3cnc4c(ccn4S(=O)(=O)c4ccccc4)c32)CC1. The molecule has 9 heteroatoms. The number of fused-ring (bicyclic) bond motifs is 3. The molecular weight excluding hydrogens is 402 g/mol. The van der Waals surface area contributed by atoms with Crippen molar-refractivity contribution in [2.75, 3.05) is 0 Å². The van der Waals surface area contributed by atoms with E-state index in [1.165, 1.54) is 3.97 Å². The lowest BCUT2D eigenvalue weighted by molar-refractivity contribution is -0.122. The van der Waals surface area contributed by atoms with Gasteiger partial charge in [-0.2, -0.15) is 0 Å². The molecule has 3 heterocycles. The van der Waals surface area contributed by atoms with E-state index in [2.05, 4.69) is 14.5 Å². The van der Waals surface area contributed by atoms with Gasteiger partial charge in [-0.3, -0.25) is 4.79 Å². The van der Waals surface area contributed by atoms with Gasteiger partial charge in [-0.05, 0) is 43.9 Å². The normalized spacial score (nSPS) is 20.0. The summed E-state index contributed by atoms with van der Waals surface area (Å²) in [5.41, 5.74) is 7.42. The van der Waals surface area contributed by atoms with E-state index in [1.54, 1.807) is 55.1 Å². The summed E-state index contributed by atoms with van der Waals surface area (Å²) < 4.78 is 29.6. The summed E-state index contributed by atoms with van der Waals surface area (Å²) in [5, 5.41) is 0.738. The van der Waals surface area contributed by atoms with Crippen LogP contribution in [0.25, 0.3) is 22.1 Å². The average Bonchev–Trinajstić information content (AvgIpc) is 3.38. The number of amides is 1. The number of nitrogens with two attached hydrogens (primary N) is 1. The maximum absolute atomic E-state index is 13.1. The van der Waals surface area contributed by atoms with E-state index in [0.29, 0.717) is 5.65 Å². The van der Waals surface area contributed by atoms with Gasteiger partial charge in [0.05, 0.1) is 22.9 Å². The molecule has 1 aliphatic rings. The molecule has 0 radical (unpaired) electrons. The Kier molecular flexibility index (Phi) is 4.35. The van der Waals surface area contributed by atoms with E-state index >= 15 is 0 Å². The zero-order valence-electron chi connectivity index (χ0n) is 16.2. The molecule has 1 saturated carbocycles. The second-order valence-electron chi connectivity index (χ2n) is 7.72. The quantitative estimate of drug-likeness (QED) is 0.542. The lowest BCUT2D eigenvalue weighted by Crippen LogP contribution is -2.28. The number of primary amides is 1. The van der Waals surface area contributed by atoms with E-state index < -0.39 is 10.0 Å². The third kappa shape index (κ3) is 2.88. The molecule has 0 atom stereocenters. The van der Waals surface area contributed by atoms with E-state index in [0.717, 1.165) is 42.1 Å². The zero-order chi connectivity index (χ0) is 20.9. The Balaban J connectivity index is 1.60. The molecule has 154 valence electrons. The van der Waals surface area contributed by atoms with Crippen LogP contribution in [0.3, 0.4) is 0 Å². The molecule has 0 unspecified atom stereocenters. The minimum absolute atomic E-state index is 0.0742. The Morgan fingerprint density at radius 3 is 2.47 bits per heavy atom. The van der Waals surface area contributed by atoms with Gasteiger partial charge in [0.2, 0.25) is 5.91 Å². The molecule has 8 nitrogen and oxygen atoms in total. The van der Waals surface area contributed by atoms with Gasteiger partial charge in [0.15, 0.2) is 5.65 Å². The summed E-state index contributed by atoms with van der Waals surface area (Å²) in [4.78, 5) is 20.6. The van der Waals surface area contributed by atoms with Crippen LogP contribution in [0, 0.1) is 5.92 Å². The van der Waals surface area contributed by atoms with Crippen molar-refractivity contribution in [1.82, 2.24) is 18.5 Å². The fourth-order valence-corrected chi connectivity index (χ4v) is 5.72. The summed E-state index contributed by atoms with van der Waals surface area (Å²) in [5.74, 6) is -0.312. The molecule has 2 N–H and O–H groups in total. The predicted octanol–water partition coefficient (Wildman–Crippen LogP) is 2.84. The molecule has 4 aromatic rings. The third-order valence-electron chi connectivity index (χ3n) is 6.01. The monoisotopic (exact) mass is 423 g/mol.